The van der Waals surface area contributed by atoms with E-state index in [2.05, 4.69) is 10.0 Å². The van der Waals surface area contributed by atoms with Gasteiger partial charge in [0, 0.05) is 19.0 Å². The molecule has 0 aromatic heterocycles. The lowest BCUT2D eigenvalue weighted by Gasteiger charge is -2.34. The van der Waals surface area contributed by atoms with E-state index in [0.717, 1.165) is 11.1 Å². The number of carbonyl (C=O) groups excluding carboxylic acids is 2. The summed E-state index contributed by atoms with van der Waals surface area (Å²) in [4.78, 5) is 38.4. The van der Waals surface area contributed by atoms with Crippen LogP contribution in [-0.2, 0) is 30.8 Å². The van der Waals surface area contributed by atoms with Crippen LogP contribution in [0, 0.1) is 12.8 Å². The number of hydrogen-bond acceptors (Lipinski definition) is 5. The fourth-order valence-electron chi connectivity index (χ4n) is 3.98. The van der Waals surface area contributed by atoms with E-state index in [0.29, 0.717) is 12.8 Å². The highest BCUT2D eigenvalue weighted by atomic mass is 32.2. The van der Waals surface area contributed by atoms with Crippen molar-refractivity contribution in [3.8, 4) is 0 Å². The summed E-state index contributed by atoms with van der Waals surface area (Å²) in [5.74, 6) is -2.23. The van der Waals surface area contributed by atoms with Crippen molar-refractivity contribution in [1.82, 2.24) is 14.9 Å². The molecule has 2 unspecified atom stereocenters. The molecule has 9 nitrogen and oxygen atoms in total. The quantitative estimate of drug-likeness (QED) is 0.479. The predicted octanol–water partition coefficient (Wildman–Crippen LogP) is 1.71. The van der Waals surface area contributed by atoms with E-state index in [-0.39, 0.29) is 36.2 Å². The number of carboxylic acid groups (broad SMARTS) is 1. The first kappa shape index (κ1) is 26.4. The second kappa shape index (κ2) is 11.5. The Bertz CT molecular complexity index is 1140. The first-order valence-electron chi connectivity index (χ1n) is 11.5. The molecule has 1 heterocycles. The minimum absolute atomic E-state index is 0.0805. The monoisotopic (exact) mass is 501 g/mol. The van der Waals surface area contributed by atoms with Crippen LogP contribution in [0.4, 0.5) is 0 Å². The summed E-state index contributed by atoms with van der Waals surface area (Å²) in [6.45, 7) is 3.80. The zero-order valence-corrected chi connectivity index (χ0v) is 20.6. The van der Waals surface area contributed by atoms with Gasteiger partial charge in [0.15, 0.2) is 0 Å². The lowest BCUT2D eigenvalue weighted by Crippen LogP contribution is -2.53. The third kappa shape index (κ3) is 7.12. The Labute approximate surface area is 205 Å². The maximum absolute atomic E-state index is 13.4. The Morgan fingerprint density at radius 1 is 1.03 bits per heavy atom. The molecule has 1 aliphatic heterocycles. The lowest BCUT2D eigenvalue weighted by molar-refractivity contribution is -0.142. The van der Waals surface area contributed by atoms with Gasteiger partial charge in [-0.25, -0.2) is 8.42 Å². The topological polar surface area (TPSA) is 133 Å². The number of nitrogens with zero attached hydrogens (tertiary/aromatic N) is 1. The van der Waals surface area contributed by atoms with Gasteiger partial charge in [-0.1, -0.05) is 48.0 Å². The number of aliphatic carboxylic acids is 1. The van der Waals surface area contributed by atoms with E-state index in [4.69, 9.17) is 5.11 Å². The third-order valence-electron chi connectivity index (χ3n) is 6.12. The average molecular weight is 502 g/mol. The summed E-state index contributed by atoms with van der Waals surface area (Å²) in [7, 11) is -3.94. The molecule has 2 amide bonds. The van der Waals surface area contributed by atoms with Crippen LogP contribution in [0.5, 0.6) is 0 Å². The van der Waals surface area contributed by atoms with E-state index >= 15 is 0 Å². The molecule has 1 saturated heterocycles. The molecule has 1 fully saturated rings. The first-order chi connectivity index (χ1) is 16.6. The number of hydrogen-bond donors (Lipinski definition) is 3. The van der Waals surface area contributed by atoms with E-state index in [1.54, 1.807) is 17.0 Å². The summed E-state index contributed by atoms with van der Waals surface area (Å²) in [6, 6.07) is 13.6. The van der Waals surface area contributed by atoms with Crippen molar-refractivity contribution in [2.75, 3.05) is 13.1 Å². The van der Waals surface area contributed by atoms with Crippen molar-refractivity contribution in [3.63, 3.8) is 0 Å². The number of carboxylic acids is 1. The van der Waals surface area contributed by atoms with Crippen molar-refractivity contribution < 1.29 is 27.9 Å². The predicted molar refractivity (Wildman–Crippen MR) is 130 cm³/mol. The number of sulfonamides is 1. The number of aryl methyl sites for hydroxylation is 1. The average Bonchev–Trinajstić information content (AvgIpc) is 2.84. The standard InChI is InChI=1S/C25H31N3O6S/c1-17-8-10-21(11-9-17)35(33,34)27-22(16-19-6-4-3-5-7-19)24(30)28-14-12-20(13-15-28)23(29)26-18(2)25(31)32/h3-11,18,20,22,27H,12-16H2,1-2H3,(H,26,29)(H,31,32). The molecule has 0 spiro atoms. The Kier molecular flexibility index (Phi) is 8.63. The highest BCUT2D eigenvalue weighted by molar-refractivity contribution is 7.89. The number of likely N-dealkylation sites (tertiary alicyclic amines) is 1. The lowest BCUT2D eigenvalue weighted by atomic mass is 9.94. The highest BCUT2D eigenvalue weighted by Crippen LogP contribution is 2.20. The van der Waals surface area contributed by atoms with Gasteiger partial charge < -0.3 is 15.3 Å². The van der Waals surface area contributed by atoms with Gasteiger partial charge in [-0.15, -0.1) is 0 Å². The Morgan fingerprint density at radius 2 is 1.63 bits per heavy atom. The summed E-state index contributed by atoms with van der Waals surface area (Å²) in [6.07, 6.45) is 0.917. The van der Waals surface area contributed by atoms with Gasteiger partial charge in [0.2, 0.25) is 21.8 Å². The van der Waals surface area contributed by atoms with Gasteiger partial charge in [-0.3, -0.25) is 14.4 Å². The summed E-state index contributed by atoms with van der Waals surface area (Å²) in [5, 5.41) is 11.5. The highest BCUT2D eigenvalue weighted by Gasteiger charge is 2.34. The molecular formula is C25H31N3O6S. The van der Waals surface area contributed by atoms with Crippen molar-refractivity contribution in [3.05, 3.63) is 65.7 Å². The second-order valence-corrected chi connectivity index (χ2v) is 10.6. The minimum atomic E-state index is -3.94. The van der Waals surface area contributed by atoms with Gasteiger partial charge in [-0.2, -0.15) is 4.72 Å². The molecular weight excluding hydrogens is 470 g/mol. The van der Waals surface area contributed by atoms with Crippen molar-refractivity contribution >= 4 is 27.8 Å². The van der Waals surface area contributed by atoms with Crippen molar-refractivity contribution in [1.29, 1.82) is 0 Å². The maximum atomic E-state index is 13.4. The number of carbonyl (C=O) groups is 3. The number of rotatable bonds is 9. The molecule has 0 bridgehead atoms. The van der Waals surface area contributed by atoms with Crippen LogP contribution in [0.2, 0.25) is 0 Å². The molecule has 0 radical (unpaired) electrons. The largest absolute Gasteiger partial charge is 0.480 e. The van der Waals surface area contributed by atoms with E-state index < -0.39 is 34.0 Å². The van der Waals surface area contributed by atoms with E-state index in [1.165, 1.54) is 19.1 Å². The molecule has 2 atom stereocenters. The number of nitrogens with one attached hydrogen (secondary N) is 2. The summed E-state index contributed by atoms with van der Waals surface area (Å²) >= 11 is 0. The van der Waals surface area contributed by atoms with Gasteiger partial charge in [0.1, 0.15) is 12.1 Å². The summed E-state index contributed by atoms with van der Waals surface area (Å²) < 4.78 is 28.7. The zero-order valence-electron chi connectivity index (χ0n) is 19.8. The van der Waals surface area contributed by atoms with E-state index in [1.807, 2.05) is 37.3 Å². The Hall–Kier alpha value is -3.24. The molecule has 35 heavy (non-hydrogen) atoms. The molecule has 0 saturated carbocycles. The van der Waals surface area contributed by atoms with Crippen LogP contribution in [0.25, 0.3) is 0 Å². The van der Waals surface area contributed by atoms with Crippen LogP contribution in [0.1, 0.15) is 30.9 Å². The smallest absolute Gasteiger partial charge is 0.325 e. The van der Waals surface area contributed by atoms with Crippen LogP contribution >= 0.6 is 0 Å². The SMILES string of the molecule is Cc1ccc(S(=O)(=O)NC(Cc2ccccc2)C(=O)N2CCC(C(=O)NC(C)C(=O)O)CC2)cc1. The normalized spacial score (nSPS) is 16.3. The van der Waals surface area contributed by atoms with Crippen LogP contribution in [0.15, 0.2) is 59.5 Å². The maximum Gasteiger partial charge on any atom is 0.325 e. The van der Waals surface area contributed by atoms with Crippen LogP contribution in [-0.4, -0.2) is 61.4 Å². The van der Waals surface area contributed by atoms with Crippen LogP contribution in [0.3, 0.4) is 0 Å². The molecule has 2 aromatic carbocycles. The number of amides is 2. The van der Waals surface area contributed by atoms with Crippen molar-refractivity contribution in [2.45, 2.75) is 50.1 Å². The Morgan fingerprint density at radius 3 is 2.20 bits per heavy atom. The molecule has 3 N–H and O–H groups in total. The molecule has 2 aromatic rings. The van der Waals surface area contributed by atoms with Gasteiger partial charge in [0.05, 0.1) is 4.90 Å². The molecule has 188 valence electrons. The minimum Gasteiger partial charge on any atom is -0.480 e. The number of piperidine rings is 1. The van der Waals surface area contributed by atoms with Gasteiger partial charge in [-0.05, 0) is 50.8 Å². The summed E-state index contributed by atoms with van der Waals surface area (Å²) in [5.41, 5.74) is 1.74. The fraction of sp³-hybridized carbons (Fsp3) is 0.400. The fourth-order valence-corrected chi connectivity index (χ4v) is 5.17. The molecule has 0 aliphatic carbocycles. The molecule has 3 rings (SSSR count). The molecule has 10 heteroatoms. The van der Waals surface area contributed by atoms with Crippen molar-refractivity contribution in [2.24, 2.45) is 5.92 Å². The number of benzene rings is 2. The van der Waals surface area contributed by atoms with Gasteiger partial charge >= 0.3 is 5.97 Å². The van der Waals surface area contributed by atoms with Gasteiger partial charge in [0.25, 0.3) is 0 Å². The Balaban J connectivity index is 1.72. The first-order valence-corrected chi connectivity index (χ1v) is 13.0. The second-order valence-electron chi connectivity index (χ2n) is 8.84. The van der Waals surface area contributed by atoms with E-state index in [9.17, 15) is 22.8 Å². The van der Waals surface area contributed by atoms with Crippen LogP contribution < -0.4 is 10.0 Å². The molecule has 1 aliphatic rings. The third-order valence-corrected chi connectivity index (χ3v) is 7.60. The zero-order chi connectivity index (χ0) is 25.6.